The van der Waals surface area contributed by atoms with Crippen LogP contribution in [-0.2, 0) is 6.54 Å². The van der Waals surface area contributed by atoms with Crippen molar-refractivity contribution in [3.8, 4) is 11.3 Å². The number of hydrogen-bond donors (Lipinski definition) is 1. The second-order valence-corrected chi connectivity index (χ2v) is 5.25. The molecule has 0 atom stereocenters. The summed E-state index contributed by atoms with van der Waals surface area (Å²) in [7, 11) is 0. The second kappa shape index (κ2) is 5.15. The van der Waals surface area contributed by atoms with E-state index in [2.05, 4.69) is 26.7 Å². The van der Waals surface area contributed by atoms with Gasteiger partial charge in [-0.1, -0.05) is 30.3 Å². The van der Waals surface area contributed by atoms with E-state index >= 15 is 0 Å². The molecule has 0 saturated carbocycles. The third-order valence-corrected chi connectivity index (χ3v) is 3.85. The van der Waals surface area contributed by atoms with Crippen molar-refractivity contribution in [1.29, 1.82) is 0 Å². The van der Waals surface area contributed by atoms with Crippen LogP contribution in [0.1, 0.15) is 5.56 Å². The van der Waals surface area contributed by atoms with Crippen molar-refractivity contribution in [3.05, 3.63) is 78.6 Å². The van der Waals surface area contributed by atoms with E-state index in [0.29, 0.717) is 5.39 Å². The Bertz CT molecular complexity index is 922. The Morgan fingerprint density at radius 2 is 1.91 bits per heavy atom. The molecule has 0 amide bonds. The maximum atomic E-state index is 13.8. The standard InChI is InChI=1S/C18H14FN3/c19-16-7-6-15(18-14(16)8-9-21-18)17-10-20-12-22(17)11-13-4-2-1-3-5-13/h1-10,12,21H,11H2. The highest BCUT2D eigenvalue weighted by atomic mass is 19.1. The molecule has 2 aromatic carbocycles. The highest BCUT2D eigenvalue weighted by molar-refractivity contribution is 5.93. The number of benzene rings is 2. The molecule has 0 unspecified atom stereocenters. The van der Waals surface area contributed by atoms with Crippen LogP contribution in [0.4, 0.5) is 4.39 Å². The van der Waals surface area contributed by atoms with Crippen LogP contribution >= 0.6 is 0 Å². The molecule has 4 aromatic rings. The van der Waals surface area contributed by atoms with Gasteiger partial charge in [-0.15, -0.1) is 0 Å². The molecule has 0 aliphatic carbocycles. The van der Waals surface area contributed by atoms with E-state index in [1.54, 1.807) is 24.7 Å². The summed E-state index contributed by atoms with van der Waals surface area (Å²) in [5.41, 5.74) is 3.92. The molecule has 4 rings (SSSR count). The van der Waals surface area contributed by atoms with Gasteiger partial charge in [0.25, 0.3) is 0 Å². The molecular formula is C18H14FN3. The Kier molecular flexibility index (Phi) is 3.00. The van der Waals surface area contributed by atoms with E-state index in [1.807, 2.05) is 24.4 Å². The predicted octanol–water partition coefficient (Wildman–Crippen LogP) is 4.22. The summed E-state index contributed by atoms with van der Waals surface area (Å²) in [6, 6.07) is 15.3. The normalized spacial score (nSPS) is 11.1. The first kappa shape index (κ1) is 12.8. The number of nitrogens with zero attached hydrogens (tertiary/aromatic N) is 2. The number of nitrogens with one attached hydrogen (secondary N) is 1. The fraction of sp³-hybridized carbons (Fsp3) is 0.0556. The average molecular weight is 291 g/mol. The lowest BCUT2D eigenvalue weighted by Gasteiger charge is -2.10. The molecule has 0 radical (unpaired) electrons. The molecule has 0 bridgehead atoms. The molecule has 1 N–H and O–H groups in total. The van der Waals surface area contributed by atoms with Crippen molar-refractivity contribution in [2.75, 3.05) is 0 Å². The number of H-pyrrole nitrogens is 1. The van der Waals surface area contributed by atoms with Crippen LogP contribution in [0.2, 0.25) is 0 Å². The zero-order chi connectivity index (χ0) is 14.9. The van der Waals surface area contributed by atoms with Gasteiger partial charge < -0.3 is 9.55 Å². The largest absolute Gasteiger partial charge is 0.361 e. The van der Waals surface area contributed by atoms with E-state index in [0.717, 1.165) is 23.3 Å². The lowest BCUT2D eigenvalue weighted by Crippen LogP contribution is -2.00. The Labute approximate surface area is 127 Å². The van der Waals surface area contributed by atoms with E-state index in [-0.39, 0.29) is 5.82 Å². The number of hydrogen-bond acceptors (Lipinski definition) is 1. The van der Waals surface area contributed by atoms with Gasteiger partial charge in [-0.3, -0.25) is 0 Å². The minimum absolute atomic E-state index is 0.214. The number of halogens is 1. The van der Waals surface area contributed by atoms with E-state index < -0.39 is 0 Å². The minimum atomic E-state index is -0.214. The fourth-order valence-electron chi connectivity index (χ4n) is 2.79. The van der Waals surface area contributed by atoms with Gasteiger partial charge in [0.05, 0.1) is 23.7 Å². The van der Waals surface area contributed by atoms with E-state index in [9.17, 15) is 4.39 Å². The van der Waals surface area contributed by atoms with Crippen LogP contribution in [0.25, 0.3) is 22.2 Å². The summed E-state index contributed by atoms with van der Waals surface area (Å²) in [6.07, 6.45) is 5.38. The fourth-order valence-corrected chi connectivity index (χ4v) is 2.79. The molecule has 3 nitrogen and oxygen atoms in total. The zero-order valence-electron chi connectivity index (χ0n) is 11.8. The smallest absolute Gasteiger partial charge is 0.132 e. The van der Waals surface area contributed by atoms with Gasteiger partial charge in [-0.2, -0.15) is 0 Å². The maximum absolute atomic E-state index is 13.8. The Balaban J connectivity index is 1.82. The molecule has 2 aromatic heterocycles. The Morgan fingerprint density at radius 3 is 2.77 bits per heavy atom. The van der Waals surface area contributed by atoms with Gasteiger partial charge in [0, 0.05) is 23.7 Å². The van der Waals surface area contributed by atoms with Gasteiger partial charge in [0.15, 0.2) is 0 Å². The van der Waals surface area contributed by atoms with E-state index in [1.165, 1.54) is 11.6 Å². The van der Waals surface area contributed by atoms with Crippen LogP contribution in [-0.4, -0.2) is 14.5 Å². The van der Waals surface area contributed by atoms with Crippen molar-refractivity contribution in [2.45, 2.75) is 6.54 Å². The highest BCUT2D eigenvalue weighted by Gasteiger charge is 2.12. The second-order valence-electron chi connectivity index (χ2n) is 5.25. The molecule has 2 heterocycles. The summed E-state index contributed by atoms with van der Waals surface area (Å²) < 4.78 is 15.9. The third kappa shape index (κ3) is 2.09. The molecule has 0 aliphatic heterocycles. The van der Waals surface area contributed by atoms with Crippen LogP contribution in [0.3, 0.4) is 0 Å². The third-order valence-electron chi connectivity index (χ3n) is 3.85. The van der Waals surface area contributed by atoms with Gasteiger partial charge in [-0.25, -0.2) is 9.37 Å². The molecule has 4 heteroatoms. The number of aromatic nitrogens is 3. The Morgan fingerprint density at radius 1 is 1.05 bits per heavy atom. The number of fused-ring (bicyclic) bond motifs is 1. The van der Waals surface area contributed by atoms with Crippen molar-refractivity contribution in [2.24, 2.45) is 0 Å². The van der Waals surface area contributed by atoms with Gasteiger partial charge in [0.2, 0.25) is 0 Å². The van der Waals surface area contributed by atoms with Crippen LogP contribution in [0.15, 0.2) is 67.3 Å². The van der Waals surface area contributed by atoms with Gasteiger partial charge >= 0.3 is 0 Å². The first-order valence-electron chi connectivity index (χ1n) is 7.13. The van der Waals surface area contributed by atoms with E-state index in [4.69, 9.17) is 0 Å². The van der Waals surface area contributed by atoms with Crippen LogP contribution in [0.5, 0.6) is 0 Å². The summed E-state index contributed by atoms with van der Waals surface area (Å²) >= 11 is 0. The van der Waals surface area contributed by atoms with Gasteiger partial charge in [0.1, 0.15) is 5.82 Å². The number of rotatable bonds is 3. The molecule has 22 heavy (non-hydrogen) atoms. The Hall–Kier alpha value is -2.88. The molecule has 0 aliphatic rings. The summed E-state index contributed by atoms with van der Waals surface area (Å²) in [5, 5.41) is 0.602. The molecule has 0 saturated heterocycles. The van der Waals surface area contributed by atoms with Crippen LogP contribution in [0, 0.1) is 5.82 Å². The number of aromatic amines is 1. The first-order chi connectivity index (χ1) is 10.8. The molecular weight excluding hydrogens is 277 g/mol. The average Bonchev–Trinajstić information content (AvgIpc) is 3.19. The molecule has 0 spiro atoms. The van der Waals surface area contributed by atoms with Crippen molar-refractivity contribution < 1.29 is 4.39 Å². The molecule has 108 valence electrons. The van der Waals surface area contributed by atoms with Crippen LogP contribution < -0.4 is 0 Å². The SMILES string of the molecule is Fc1ccc(-c2cncn2Cc2ccccc2)c2[nH]ccc12. The van der Waals surface area contributed by atoms with Crippen molar-refractivity contribution in [1.82, 2.24) is 14.5 Å². The summed E-state index contributed by atoms with van der Waals surface area (Å²) in [4.78, 5) is 7.39. The monoisotopic (exact) mass is 291 g/mol. The summed E-state index contributed by atoms with van der Waals surface area (Å²) in [6.45, 7) is 0.732. The summed E-state index contributed by atoms with van der Waals surface area (Å²) in [5.74, 6) is -0.214. The van der Waals surface area contributed by atoms with Crippen molar-refractivity contribution >= 4 is 10.9 Å². The topological polar surface area (TPSA) is 33.6 Å². The quantitative estimate of drug-likeness (QED) is 0.602. The highest BCUT2D eigenvalue weighted by Crippen LogP contribution is 2.29. The molecule has 0 fully saturated rings. The lowest BCUT2D eigenvalue weighted by atomic mass is 10.1. The lowest BCUT2D eigenvalue weighted by molar-refractivity contribution is 0.640. The zero-order valence-corrected chi connectivity index (χ0v) is 11.8. The van der Waals surface area contributed by atoms with Gasteiger partial charge in [-0.05, 0) is 23.8 Å². The predicted molar refractivity (Wildman–Crippen MR) is 85.0 cm³/mol. The first-order valence-corrected chi connectivity index (χ1v) is 7.13. The number of imidazole rings is 1. The minimum Gasteiger partial charge on any atom is -0.361 e. The van der Waals surface area contributed by atoms with Crippen molar-refractivity contribution in [3.63, 3.8) is 0 Å². The maximum Gasteiger partial charge on any atom is 0.132 e.